The SMILES string of the molecule is CC(C)C(N)C=O.CNc1ncnc2c1ncn2CCC(COC)OC. The lowest BCUT2D eigenvalue weighted by Crippen LogP contribution is -2.27. The number of aryl methyl sites for hydroxylation is 1. The van der Waals surface area contributed by atoms with E-state index in [4.69, 9.17) is 15.2 Å². The Balaban J connectivity index is 0.000000412. The molecule has 26 heavy (non-hydrogen) atoms. The minimum absolute atomic E-state index is 0.0769. The Hall–Kier alpha value is -2.10. The number of anilines is 1. The highest BCUT2D eigenvalue weighted by Gasteiger charge is 2.11. The number of aromatic nitrogens is 4. The molecule has 0 saturated carbocycles. The molecule has 2 aromatic rings. The Morgan fingerprint density at radius 2 is 2.04 bits per heavy atom. The lowest BCUT2D eigenvalue weighted by molar-refractivity contribution is -0.109. The maximum absolute atomic E-state index is 9.82. The van der Waals surface area contributed by atoms with Crippen molar-refractivity contribution in [2.75, 3.05) is 33.2 Å². The van der Waals surface area contributed by atoms with Crippen LogP contribution in [0.1, 0.15) is 20.3 Å². The summed E-state index contributed by atoms with van der Waals surface area (Å²) in [5.74, 6) is 1.02. The van der Waals surface area contributed by atoms with E-state index in [9.17, 15) is 4.79 Å². The topological polar surface area (TPSA) is 117 Å². The summed E-state index contributed by atoms with van der Waals surface area (Å²) in [5.41, 5.74) is 6.86. The van der Waals surface area contributed by atoms with Crippen molar-refractivity contribution in [3.05, 3.63) is 12.7 Å². The highest BCUT2D eigenvalue weighted by molar-refractivity contribution is 5.82. The van der Waals surface area contributed by atoms with Gasteiger partial charge in [0.25, 0.3) is 0 Å². The molecule has 0 bridgehead atoms. The van der Waals surface area contributed by atoms with Gasteiger partial charge in [-0.1, -0.05) is 13.8 Å². The fraction of sp³-hybridized carbons (Fsp3) is 0.647. The minimum Gasteiger partial charge on any atom is -0.382 e. The van der Waals surface area contributed by atoms with Crippen LogP contribution in [0.15, 0.2) is 12.7 Å². The Morgan fingerprint density at radius 1 is 1.31 bits per heavy atom. The number of rotatable bonds is 9. The van der Waals surface area contributed by atoms with Gasteiger partial charge in [0.15, 0.2) is 11.5 Å². The normalized spacial score (nSPS) is 13.2. The summed E-state index contributed by atoms with van der Waals surface area (Å²) in [6, 6.07) is -0.278. The molecule has 2 rings (SSSR count). The molecule has 0 aliphatic rings. The number of hydrogen-bond donors (Lipinski definition) is 2. The summed E-state index contributed by atoms with van der Waals surface area (Å²) in [6.45, 7) is 5.19. The number of hydrogen-bond acceptors (Lipinski definition) is 8. The van der Waals surface area contributed by atoms with E-state index >= 15 is 0 Å². The fourth-order valence-corrected chi connectivity index (χ4v) is 2.12. The monoisotopic (exact) mass is 366 g/mol. The fourth-order valence-electron chi connectivity index (χ4n) is 2.12. The van der Waals surface area contributed by atoms with Gasteiger partial charge in [0, 0.05) is 27.8 Å². The van der Waals surface area contributed by atoms with Gasteiger partial charge in [0.1, 0.15) is 18.1 Å². The van der Waals surface area contributed by atoms with Gasteiger partial charge in [0.05, 0.1) is 25.1 Å². The molecule has 0 aliphatic carbocycles. The number of imidazole rings is 1. The largest absolute Gasteiger partial charge is 0.382 e. The molecule has 0 radical (unpaired) electrons. The van der Waals surface area contributed by atoms with Gasteiger partial charge in [0.2, 0.25) is 0 Å². The van der Waals surface area contributed by atoms with Gasteiger partial charge in [-0.15, -0.1) is 0 Å². The van der Waals surface area contributed by atoms with Crippen LogP contribution < -0.4 is 11.1 Å². The van der Waals surface area contributed by atoms with E-state index < -0.39 is 0 Å². The van der Waals surface area contributed by atoms with Gasteiger partial charge < -0.3 is 29.9 Å². The van der Waals surface area contributed by atoms with Gasteiger partial charge >= 0.3 is 0 Å². The van der Waals surface area contributed by atoms with Crippen molar-refractivity contribution < 1.29 is 14.3 Å². The zero-order valence-corrected chi connectivity index (χ0v) is 16.2. The lowest BCUT2D eigenvalue weighted by atomic mass is 10.1. The molecule has 9 nitrogen and oxygen atoms in total. The molecular weight excluding hydrogens is 336 g/mol. The van der Waals surface area contributed by atoms with Crippen LogP contribution in [0.4, 0.5) is 5.82 Å². The van der Waals surface area contributed by atoms with E-state index in [0.717, 1.165) is 36.2 Å². The quantitative estimate of drug-likeness (QED) is 0.633. The molecule has 0 fully saturated rings. The number of aldehydes is 1. The lowest BCUT2D eigenvalue weighted by Gasteiger charge is -2.14. The van der Waals surface area contributed by atoms with Gasteiger partial charge in [-0.05, 0) is 12.3 Å². The predicted molar refractivity (Wildman–Crippen MR) is 101 cm³/mol. The van der Waals surface area contributed by atoms with Crippen molar-refractivity contribution in [3.63, 3.8) is 0 Å². The smallest absolute Gasteiger partial charge is 0.165 e. The Labute approximate surface area is 154 Å². The molecule has 2 aromatic heterocycles. The summed E-state index contributed by atoms with van der Waals surface area (Å²) in [6.07, 6.45) is 5.00. The van der Waals surface area contributed by atoms with Crippen molar-refractivity contribution >= 4 is 23.3 Å². The molecule has 2 unspecified atom stereocenters. The first-order valence-corrected chi connectivity index (χ1v) is 8.54. The van der Waals surface area contributed by atoms with Crippen molar-refractivity contribution in [1.29, 1.82) is 0 Å². The van der Waals surface area contributed by atoms with Crippen LogP contribution in [0.3, 0.4) is 0 Å². The molecule has 0 saturated heterocycles. The highest BCUT2D eigenvalue weighted by Crippen LogP contribution is 2.17. The van der Waals surface area contributed by atoms with Crippen molar-refractivity contribution in [3.8, 4) is 0 Å². The number of nitrogens with two attached hydrogens (primary N) is 1. The first-order chi connectivity index (χ1) is 12.5. The predicted octanol–water partition coefficient (Wildman–Crippen LogP) is 1.09. The maximum atomic E-state index is 9.82. The van der Waals surface area contributed by atoms with E-state index in [-0.39, 0.29) is 18.1 Å². The Morgan fingerprint density at radius 3 is 2.54 bits per heavy atom. The van der Waals surface area contributed by atoms with Gasteiger partial charge in [-0.2, -0.15) is 0 Å². The number of fused-ring (bicyclic) bond motifs is 1. The van der Waals surface area contributed by atoms with Crippen LogP contribution in [0, 0.1) is 5.92 Å². The van der Waals surface area contributed by atoms with Crippen molar-refractivity contribution in [2.45, 2.75) is 39.0 Å². The Kier molecular flexibility index (Phi) is 9.71. The van der Waals surface area contributed by atoms with Crippen LogP contribution in [-0.2, 0) is 20.8 Å². The van der Waals surface area contributed by atoms with Crippen LogP contribution in [0.25, 0.3) is 11.2 Å². The zero-order valence-electron chi connectivity index (χ0n) is 16.2. The number of nitrogens with zero attached hydrogens (tertiary/aromatic N) is 4. The summed E-state index contributed by atoms with van der Waals surface area (Å²) >= 11 is 0. The molecule has 3 N–H and O–H groups in total. The van der Waals surface area contributed by atoms with Gasteiger partial charge in [-0.25, -0.2) is 15.0 Å². The first kappa shape index (κ1) is 21.9. The second kappa shape index (κ2) is 11.5. The van der Waals surface area contributed by atoms with Crippen LogP contribution >= 0.6 is 0 Å². The molecule has 2 heterocycles. The zero-order chi connectivity index (χ0) is 19.5. The standard InChI is InChI=1S/C12H19N5O2.C5H11NO/c1-13-11-10-12(15-7-14-11)17(8-16-10)5-4-9(19-3)6-18-2;1-4(2)5(6)3-7/h7-9H,4-6H2,1-3H3,(H,13,14,15);3-5H,6H2,1-2H3. The van der Waals surface area contributed by atoms with Crippen LogP contribution in [0.5, 0.6) is 0 Å². The third-order valence-electron chi connectivity index (χ3n) is 3.94. The second-order valence-corrected chi connectivity index (χ2v) is 6.14. The first-order valence-electron chi connectivity index (χ1n) is 8.54. The van der Waals surface area contributed by atoms with Crippen molar-refractivity contribution in [1.82, 2.24) is 19.5 Å². The Bertz CT molecular complexity index is 661. The third kappa shape index (κ3) is 6.32. The number of carbonyl (C=O) groups excluding carboxylic acids is 1. The number of nitrogens with one attached hydrogen (secondary N) is 1. The molecule has 9 heteroatoms. The summed E-state index contributed by atoms with van der Waals surface area (Å²) in [5, 5.41) is 3.01. The molecule has 0 spiro atoms. The van der Waals surface area contributed by atoms with Gasteiger partial charge in [-0.3, -0.25) is 0 Å². The average Bonchev–Trinajstić information content (AvgIpc) is 3.08. The van der Waals surface area contributed by atoms with E-state index in [1.165, 1.54) is 6.33 Å². The molecular formula is C17H30N6O3. The molecule has 146 valence electrons. The van der Waals surface area contributed by atoms with E-state index in [1.807, 2.05) is 25.5 Å². The molecule has 0 aromatic carbocycles. The van der Waals surface area contributed by atoms with E-state index in [2.05, 4.69) is 20.3 Å². The molecule has 0 amide bonds. The number of carbonyl (C=O) groups is 1. The summed E-state index contributed by atoms with van der Waals surface area (Å²) < 4.78 is 12.4. The van der Waals surface area contributed by atoms with E-state index in [0.29, 0.717) is 6.61 Å². The van der Waals surface area contributed by atoms with Crippen LogP contribution in [-0.4, -0.2) is 65.8 Å². The number of methoxy groups -OCH3 is 2. The average molecular weight is 366 g/mol. The molecule has 2 atom stereocenters. The van der Waals surface area contributed by atoms with Crippen molar-refractivity contribution in [2.24, 2.45) is 11.7 Å². The summed E-state index contributed by atoms with van der Waals surface area (Å²) in [4.78, 5) is 22.6. The highest BCUT2D eigenvalue weighted by atomic mass is 16.5. The van der Waals surface area contributed by atoms with E-state index in [1.54, 1.807) is 20.5 Å². The summed E-state index contributed by atoms with van der Waals surface area (Å²) in [7, 11) is 5.18. The molecule has 0 aliphatic heterocycles. The van der Waals surface area contributed by atoms with Crippen LogP contribution in [0.2, 0.25) is 0 Å². The number of ether oxygens (including phenoxy) is 2. The second-order valence-electron chi connectivity index (χ2n) is 6.14. The minimum atomic E-state index is -0.278. The maximum Gasteiger partial charge on any atom is 0.165 e. The third-order valence-corrected chi connectivity index (χ3v) is 3.94.